The van der Waals surface area contributed by atoms with Gasteiger partial charge in [0.25, 0.3) is 0 Å². The Kier molecular flexibility index (Phi) is 14.4. The molecule has 5 atom stereocenters. The van der Waals surface area contributed by atoms with Gasteiger partial charge in [0.15, 0.2) is 6.29 Å². The maximum atomic E-state index is 13.8. The van der Waals surface area contributed by atoms with Crippen molar-refractivity contribution >= 4 is 15.9 Å². The highest BCUT2D eigenvalue weighted by molar-refractivity contribution is 7.89. The number of benzene rings is 5. The van der Waals surface area contributed by atoms with Crippen LogP contribution in [0, 0.1) is 12.8 Å². The summed E-state index contributed by atoms with van der Waals surface area (Å²) in [4.78, 5) is 16.4. The number of aryl methyl sites for hydroxylation is 1. The van der Waals surface area contributed by atoms with Gasteiger partial charge >= 0.3 is 0 Å². The summed E-state index contributed by atoms with van der Waals surface area (Å²) < 4.78 is 43.2. The molecule has 2 fully saturated rings. The molecule has 0 bridgehead atoms. The molecular formula is C50H57N3O6S. The number of rotatable bonds is 17. The zero-order chi connectivity index (χ0) is 42.1. The van der Waals surface area contributed by atoms with Gasteiger partial charge in [-0.3, -0.25) is 9.69 Å². The zero-order valence-electron chi connectivity index (χ0n) is 34.6. The largest absolute Gasteiger partial charge is 0.392 e. The van der Waals surface area contributed by atoms with Crippen LogP contribution < -0.4 is 10.0 Å². The van der Waals surface area contributed by atoms with Crippen molar-refractivity contribution < 1.29 is 27.8 Å². The van der Waals surface area contributed by atoms with Crippen molar-refractivity contribution in [3.8, 4) is 11.1 Å². The third kappa shape index (κ3) is 10.9. The van der Waals surface area contributed by atoms with Crippen LogP contribution in [0.4, 0.5) is 0 Å². The third-order valence-corrected chi connectivity index (χ3v) is 13.3. The van der Waals surface area contributed by atoms with E-state index in [2.05, 4.69) is 40.6 Å². The Bertz CT molecular complexity index is 2300. The monoisotopic (exact) mass is 827 g/mol. The van der Waals surface area contributed by atoms with Crippen LogP contribution in [0.15, 0.2) is 145 Å². The minimum absolute atomic E-state index is 0.0151. The lowest BCUT2D eigenvalue weighted by Gasteiger charge is -2.43. The summed E-state index contributed by atoms with van der Waals surface area (Å²) in [6, 6.07) is 39.6. The smallest absolute Gasteiger partial charge is 0.241 e. The third-order valence-electron chi connectivity index (χ3n) is 11.9. The Morgan fingerprint density at radius 3 is 2.22 bits per heavy atom. The van der Waals surface area contributed by atoms with E-state index < -0.39 is 28.3 Å². The topological polar surface area (TPSA) is 117 Å². The Morgan fingerprint density at radius 2 is 1.52 bits per heavy atom. The van der Waals surface area contributed by atoms with Crippen molar-refractivity contribution in [2.45, 2.75) is 94.6 Å². The molecule has 1 saturated carbocycles. The van der Waals surface area contributed by atoms with Gasteiger partial charge in [-0.2, -0.15) is 4.72 Å². The van der Waals surface area contributed by atoms with E-state index >= 15 is 0 Å². The quantitative estimate of drug-likeness (QED) is 0.0805. The van der Waals surface area contributed by atoms with Gasteiger partial charge in [0, 0.05) is 37.2 Å². The second-order valence-electron chi connectivity index (χ2n) is 16.2. The van der Waals surface area contributed by atoms with E-state index in [-0.39, 0.29) is 42.6 Å². The molecular weight excluding hydrogens is 771 g/mol. The fourth-order valence-electron chi connectivity index (χ4n) is 8.42. The molecule has 1 aliphatic heterocycles. The molecule has 1 heterocycles. The molecule has 1 amide bonds. The molecule has 0 spiro atoms. The number of nitrogens with one attached hydrogen (secondary N) is 2. The second-order valence-corrected chi connectivity index (χ2v) is 17.9. The molecule has 0 aromatic heterocycles. The minimum atomic E-state index is -3.97. The number of nitrogens with zero attached hydrogens (tertiary/aromatic N) is 1. The second kappa shape index (κ2) is 20.1. The number of aliphatic hydroxyl groups is 1. The summed E-state index contributed by atoms with van der Waals surface area (Å²) in [6.07, 6.45) is 6.11. The number of ether oxygens (including phenoxy) is 2. The van der Waals surface area contributed by atoms with Gasteiger partial charge in [0.05, 0.1) is 23.7 Å². The first kappa shape index (κ1) is 43.2. The first-order valence-electron chi connectivity index (χ1n) is 21.1. The number of aliphatic hydroxyl groups excluding tert-OH is 1. The molecule has 1 saturated heterocycles. The van der Waals surface area contributed by atoms with Crippen LogP contribution >= 0.6 is 0 Å². The first-order chi connectivity index (χ1) is 29.1. The van der Waals surface area contributed by atoms with Gasteiger partial charge in [-0.15, -0.1) is 6.58 Å². The van der Waals surface area contributed by atoms with Gasteiger partial charge < -0.3 is 19.9 Å². The highest BCUT2D eigenvalue weighted by atomic mass is 32.2. The molecule has 60 heavy (non-hydrogen) atoms. The summed E-state index contributed by atoms with van der Waals surface area (Å²) in [5, 5.41) is 12.7. The van der Waals surface area contributed by atoms with Crippen LogP contribution in [0.2, 0.25) is 0 Å². The van der Waals surface area contributed by atoms with Crippen molar-refractivity contribution in [1.82, 2.24) is 14.9 Å². The fraction of sp³-hybridized carbons (Fsp3) is 0.340. The molecule has 5 aromatic carbocycles. The number of hydrogen-bond acceptors (Lipinski definition) is 7. The van der Waals surface area contributed by atoms with Gasteiger partial charge in [0.1, 0.15) is 6.04 Å². The van der Waals surface area contributed by atoms with Gasteiger partial charge in [-0.05, 0) is 83.8 Å². The highest BCUT2D eigenvalue weighted by Gasteiger charge is 2.40. The van der Waals surface area contributed by atoms with Crippen LogP contribution in [0.5, 0.6) is 0 Å². The summed E-state index contributed by atoms with van der Waals surface area (Å²) in [5.74, 6) is -0.354. The summed E-state index contributed by atoms with van der Waals surface area (Å²) in [6.45, 7) is 9.93. The molecule has 2 aliphatic rings. The first-order valence-corrected chi connectivity index (χ1v) is 22.5. The predicted molar refractivity (Wildman–Crippen MR) is 236 cm³/mol. The van der Waals surface area contributed by atoms with Gasteiger partial charge in [-0.25, -0.2) is 8.42 Å². The lowest BCUT2D eigenvalue weighted by molar-refractivity contribution is -0.276. The van der Waals surface area contributed by atoms with Crippen molar-refractivity contribution in [2.24, 2.45) is 5.92 Å². The van der Waals surface area contributed by atoms with Crippen LogP contribution in [-0.4, -0.2) is 55.6 Å². The lowest BCUT2D eigenvalue weighted by atomic mass is 9.89. The van der Waals surface area contributed by atoms with Crippen LogP contribution in [0.1, 0.15) is 78.4 Å². The average Bonchev–Trinajstić information content (AvgIpc) is 3.82. The normalized spacial score (nSPS) is 20.2. The molecule has 7 rings (SSSR count). The molecule has 314 valence electrons. The number of carbonyl (C=O) groups excluding carboxylic acids is 1. The molecule has 0 unspecified atom stereocenters. The lowest BCUT2D eigenvalue weighted by Crippen LogP contribution is -2.47. The van der Waals surface area contributed by atoms with E-state index in [4.69, 9.17) is 9.47 Å². The number of carbonyl (C=O) groups is 1. The maximum absolute atomic E-state index is 13.8. The van der Waals surface area contributed by atoms with E-state index in [9.17, 15) is 18.3 Å². The Hall–Kier alpha value is -4.94. The summed E-state index contributed by atoms with van der Waals surface area (Å²) >= 11 is 0. The van der Waals surface area contributed by atoms with Crippen molar-refractivity contribution in [3.05, 3.63) is 173 Å². The van der Waals surface area contributed by atoms with Gasteiger partial charge in [-0.1, -0.05) is 135 Å². The van der Waals surface area contributed by atoms with Crippen LogP contribution in [-0.2, 0) is 43.9 Å². The van der Waals surface area contributed by atoms with Crippen LogP contribution in [0.25, 0.3) is 11.1 Å². The fourth-order valence-corrected chi connectivity index (χ4v) is 9.61. The molecule has 0 radical (unpaired) electrons. The van der Waals surface area contributed by atoms with Gasteiger partial charge in [0.2, 0.25) is 15.9 Å². The van der Waals surface area contributed by atoms with Crippen molar-refractivity contribution in [1.29, 1.82) is 0 Å². The molecule has 5 aromatic rings. The molecule has 3 N–H and O–H groups in total. The Labute approximate surface area is 355 Å². The highest BCUT2D eigenvalue weighted by Crippen LogP contribution is 2.43. The summed E-state index contributed by atoms with van der Waals surface area (Å²) in [5.41, 5.74) is 7.39. The van der Waals surface area contributed by atoms with E-state index in [1.54, 1.807) is 24.3 Å². The van der Waals surface area contributed by atoms with Crippen LogP contribution in [0.3, 0.4) is 0 Å². The minimum Gasteiger partial charge on any atom is -0.392 e. The SMILES string of the molecule is C=CCN(C[C@@H]1O[C@H](c2cccc(-c3cccc(CNC(=O)[C@@H](Cc4ccccc4)NS(=O)(=O)c4ccc(C)cc4)c3)c2)O[C@H](c2ccc(CO)cc2)[C@@H]1C)C1CCCC1. The molecule has 1 aliphatic carbocycles. The van der Waals surface area contributed by atoms with E-state index in [1.165, 1.54) is 25.7 Å². The maximum Gasteiger partial charge on any atom is 0.241 e. The number of sulfonamides is 1. The van der Waals surface area contributed by atoms with E-state index in [0.29, 0.717) is 6.04 Å². The molecule has 10 heteroatoms. The van der Waals surface area contributed by atoms with Crippen molar-refractivity contribution in [2.75, 3.05) is 13.1 Å². The average molecular weight is 828 g/mol. The number of amides is 1. The Morgan fingerprint density at radius 1 is 0.833 bits per heavy atom. The van der Waals surface area contributed by atoms with E-state index in [0.717, 1.165) is 57.6 Å². The zero-order valence-corrected chi connectivity index (χ0v) is 35.4. The van der Waals surface area contributed by atoms with Crippen molar-refractivity contribution in [3.63, 3.8) is 0 Å². The van der Waals surface area contributed by atoms with E-state index in [1.807, 2.05) is 104 Å². The number of hydrogen-bond donors (Lipinski definition) is 3. The predicted octanol–water partition coefficient (Wildman–Crippen LogP) is 8.58. The Balaban J connectivity index is 1.09. The standard InChI is InChI=1S/C50H57N3O6S/c1-4-28-53(44-18-8-9-19-44)33-47-36(3)48(40-24-22-38(34-54)23-25-40)59-50(58-47)43-17-11-16-42(31-43)41-15-10-14-39(29-41)32-51-49(55)46(30-37-12-6-5-7-13-37)52-60(56,57)45-26-20-35(2)21-27-45/h4-7,10-17,20-27,29,31,36,44,46-48,50,52,54H,1,8-9,18-19,28,30,32-34H2,2-3H3,(H,51,55)/t36-,46-,47+,48+,50+/m1/s1. The summed E-state index contributed by atoms with van der Waals surface area (Å²) in [7, 11) is -3.97. The molecule has 9 nitrogen and oxygen atoms in total.